The summed E-state index contributed by atoms with van der Waals surface area (Å²) in [5.41, 5.74) is 3.19. The van der Waals surface area contributed by atoms with Gasteiger partial charge < -0.3 is 10.2 Å². The zero-order valence-electron chi connectivity index (χ0n) is 12.9. The third kappa shape index (κ3) is 3.26. The minimum Gasteiger partial charge on any atom is -0.357 e. The zero-order valence-corrected chi connectivity index (χ0v) is 14.4. The lowest BCUT2D eigenvalue weighted by molar-refractivity contribution is 0.0728. The number of carbonyl (C=O) groups is 1. The highest BCUT2D eigenvalue weighted by molar-refractivity contribution is 6.35. The molecule has 0 unspecified atom stereocenters. The number of nitrogens with one attached hydrogen (secondary N) is 1. The summed E-state index contributed by atoms with van der Waals surface area (Å²) < 4.78 is 0. The Morgan fingerprint density at radius 1 is 1.26 bits per heavy atom. The van der Waals surface area contributed by atoms with Crippen molar-refractivity contribution >= 4 is 35.1 Å². The standard InChI is InChI=1S/C16H16Cl2N4O/c1-9-5-14(21-16(19-2)20-9)15(23)22-4-3-12-10(8-22)6-11(17)7-13(12)18/h5-7H,3-4,8H2,1-2H3,(H,19,20,21). The van der Waals surface area contributed by atoms with Crippen LogP contribution in [0.2, 0.25) is 10.0 Å². The Hall–Kier alpha value is -1.85. The normalized spacial score (nSPS) is 13.7. The van der Waals surface area contributed by atoms with Gasteiger partial charge in [0.05, 0.1) is 0 Å². The summed E-state index contributed by atoms with van der Waals surface area (Å²) in [4.78, 5) is 23.0. The van der Waals surface area contributed by atoms with Crippen molar-refractivity contribution in [1.29, 1.82) is 0 Å². The van der Waals surface area contributed by atoms with E-state index in [1.54, 1.807) is 24.1 Å². The summed E-state index contributed by atoms with van der Waals surface area (Å²) in [6.45, 7) is 2.92. The molecule has 23 heavy (non-hydrogen) atoms. The number of halogens is 2. The lowest BCUT2D eigenvalue weighted by atomic mass is 9.99. The lowest BCUT2D eigenvalue weighted by Gasteiger charge is -2.29. The molecular weight excluding hydrogens is 335 g/mol. The molecule has 1 aliphatic rings. The largest absolute Gasteiger partial charge is 0.357 e. The number of nitrogens with zero attached hydrogens (tertiary/aromatic N) is 3. The van der Waals surface area contributed by atoms with Crippen molar-refractivity contribution in [1.82, 2.24) is 14.9 Å². The second kappa shape index (κ2) is 6.34. The first kappa shape index (κ1) is 16.0. The zero-order chi connectivity index (χ0) is 16.6. The summed E-state index contributed by atoms with van der Waals surface area (Å²) >= 11 is 12.3. The number of benzene rings is 1. The van der Waals surface area contributed by atoms with Crippen LogP contribution in [0.25, 0.3) is 0 Å². The Bertz CT molecular complexity index is 779. The van der Waals surface area contributed by atoms with E-state index in [9.17, 15) is 4.79 Å². The summed E-state index contributed by atoms with van der Waals surface area (Å²) in [5, 5.41) is 4.11. The fourth-order valence-corrected chi connectivity index (χ4v) is 3.36. The van der Waals surface area contributed by atoms with Crippen molar-refractivity contribution in [3.63, 3.8) is 0 Å². The van der Waals surface area contributed by atoms with Gasteiger partial charge in [0.1, 0.15) is 5.69 Å². The average Bonchev–Trinajstić information content (AvgIpc) is 2.52. The van der Waals surface area contributed by atoms with E-state index in [4.69, 9.17) is 23.2 Å². The van der Waals surface area contributed by atoms with Crippen molar-refractivity contribution in [3.05, 3.63) is 50.8 Å². The molecule has 1 aliphatic heterocycles. The van der Waals surface area contributed by atoms with Gasteiger partial charge in [0, 0.05) is 35.9 Å². The molecule has 1 aromatic heterocycles. The number of aryl methyl sites for hydroxylation is 1. The lowest BCUT2D eigenvalue weighted by Crippen LogP contribution is -2.36. The number of amides is 1. The van der Waals surface area contributed by atoms with Gasteiger partial charge in [-0.25, -0.2) is 9.97 Å². The fraction of sp³-hybridized carbons (Fsp3) is 0.312. The number of anilines is 1. The predicted molar refractivity (Wildman–Crippen MR) is 91.2 cm³/mol. The number of hydrogen-bond donors (Lipinski definition) is 1. The molecule has 0 aliphatic carbocycles. The second-order valence-corrected chi connectivity index (χ2v) is 6.31. The van der Waals surface area contributed by atoms with Gasteiger partial charge >= 0.3 is 0 Å². The van der Waals surface area contributed by atoms with E-state index in [1.165, 1.54) is 0 Å². The van der Waals surface area contributed by atoms with Gasteiger partial charge in [-0.05, 0) is 42.7 Å². The van der Waals surface area contributed by atoms with Crippen LogP contribution in [0.15, 0.2) is 18.2 Å². The molecule has 2 aromatic rings. The molecule has 0 bridgehead atoms. The first-order valence-electron chi connectivity index (χ1n) is 7.27. The van der Waals surface area contributed by atoms with Gasteiger partial charge in [-0.15, -0.1) is 0 Å². The molecule has 1 aromatic carbocycles. The highest BCUT2D eigenvalue weighted by atomic mass is 35.5. The molecule has 3 rings (SSSR count). The van der Waals surface area contributed by atoms with Crippen molar-refractivity contribution in [3.8, 4) is 0 Å². The van der Waals surface area contributed by atoms with Gasteiger partial charge in [0.25, 0.3) is 5.91 Å². The molecule has 5 nitrogen and oxygen atoms in total. The van der Waals surface area contributed by atoms with Crippen LogP contribution >= 0.6 is 23.2 Å². The number of aromatic nitrogens is 2. The van der Waals surface area contributed by atoms with E-state index in [-0.39, 0.29) is 5.91 Å². The van der Waals surface area contributed by atoms with E-state index in [0.29, 0.717) is 41.2 Å². The third-order valence-corrected chi connectivity index (χ3v) is 4.39. The molecule has 2 heterocycles. The van der Waals surface area contributed by atoms with Crippen LogP contribution in [0, 0.1) is 6.92 Å². The van der Waals surface area contributed by atoms with Crippen LogP contribution in [-0.4, -0.2) is 34.4 Å². The Balaban J connectivity index is 1.88. The Labute approximate surface area is 144 Å². The molecule has 7 heteroatoms. The Morgan fingerprint density at radius 3 is 2.78 bits per heavy atom. The van der Waals surface area contributed by atoms with Crippen molar-refractivity contribution in [2.45, 2.75) is 19.9 Å². The minimum atomic E-state index is -0.117. The topological polar surface area (TPSA) is 58.1 Å². The van der Waals surface area contributed by atoms with Crippen LogP contribution in [0.3, 0.4) is 0 Å². The summed E-state index contributed by atoms with van der Waals surface area (Å²) in [5.74, 6) is 0.325. The smallest absolute Gasteiger partial charge is 0.272 e. The molecule has 0 spiro atoms. The summed E-state index contributed by atoms with van der Waals surface area (Å²) in [7, 11) is 1.73. The van der Waals surface area contributed by atoms with E-state index < -0.39 is 0 Å². The quantitative estimate of drug-likeness (QED) is 0.902. The predicted octanol–water partition coefficient (Wildman–Crippen LogP) is 3.33. The van der Waals surface area contributed by atoms with Crippen molar-refractivity contribution in [2.24, 2.45) is 0 Å². The van der Waals surface area contributed by atoms with Gasteiger partial charge in [-0.2, -0.15) is 0 Å². The first-order valence-corrected chi connectivity index (χ1v) is 8.03. The van der Waals surface area contributed by atoms with Crippen LogP contribution in [0.4, 0.5) is 5.95 Å². The van der Waals surface area contributed by atoms with Gasteiger partial charge in [0.15, 0.2) is 0 Å². The minimum absolute atomic E-state index is 0.117. The molecule has 120 valence electrons. The molecule has 0 radical (unpaired) electrons. The molecule has 1 N–H and O–H groups in total. The highest BCUT2D eigenvalue weighted by Gasteiger charge is 2.25. The number of fused-ring (bicyclic) bond motifs is 1. The van der Waals surface area contributed by atoms with E-state index in [2.05, 4.69) is 15.3 Å². The molecule has 0 atom stereocenters. The SMILES string of the molecule is CNc1nc(C)cc(C(=O)N2CCc3c(Cl)cc(Cl)cc3C2)n1. The highest BCUT2D eigenvalue weighted by Crippen LogP contribution is 2.30. The maximum Gasteiger partial charge on any atom is 0.272 e. The van der Waals surface area contributed by atoms with Crippen molar-refractivity contribution < 1.29 is 4.79 Å². The van der Waals surface area contributed by atoms with Crippen molar-refractivity contribution in [2.75, 3.05) is 18.9 Å². The van der Waals surface area contributed by atoms with Gasteiger partial charge in [-0.3, -0.25) is 4.79 Å². The first-order chi connectivity index (χ1) is 11.0. The maximum atomic E-state index is 12.7. The number of rotatable bonds is 2. The molecule has 1 amide bonds. The molecular formula is C16H16Cl2N4O. The van der Waals surface area contributed by atoms with E-state index in [1.807, 2.05) is 13.0 Å². The van der Waals surface area contributed by atoms with E-state index in [0.717, 1.165) is 16.8 Å². The summed E-state index contributed by atoms with van der Waals surface area (Å²) in [6.07, 6.45) is 0.708. The van der Waals surface area contributed by atoms with Crippen LogP contribution < -0.4 is 5.32 Å². The van der Waals surface area contributed by atoms with Gasteiger partial charge in [-0.1, -0.05) is 23.2 Å². The number of hydrogen-bond acceptors (Lipinski definition) is 4. The molecule has 0 saturated heterocycles. The number of carbonyl (C=O) groups excluding carboxylic acids is 1. The average molecular weight is 351 g/mol. The van der Waals surface area contributed by atoms with Gasteiger partial charge in [0.2, 0.25) is 5.95 Å². The fourth-order valence-electron chi connectivity index (χ4n) is 2.73. The summed E-state index contributed by atoms with van der Waals surface area (Å²) in [6, 6.07) is 5.31. The van der Waals surface area contributed by atoms with Crippen LogP contribution in [-0.2, 0) is 13.0 Å². The molecule has 0 saturated carbocycles. The Kier molecular flexibility index (Phi) is 4.41. The second-order valence-electron chi connectivity index (χ2n) is 5.47. The van der Waals surface area contributed by atoms with Crippen LogP contribution in [0.1, 0.15) is 27.3 Å². The third-order valence-electron chi connectivity index (χ3n) is 3.83. The van der Waals surface area contributed by atoms with Crippen LogP contribution in [0.5, 0.6) is 0 Å². The van der Waals surface area contributed by atoms with E-state index >= 15 is 0 Å². The maximum absolute atomic E-state index is 12.7. The monoisotopic (exact) mass is 350 g/mol. The molecule has 0 fully saturated rings. The Morgan fingerprint density at radius 2 is 2.04 bits per heavy atom.